The van der Waals surface area contributed by atoms with E-state index >= 15 is 0 Å². The molecule has 0 unspecified atom stereocenters. The number of benzene rings is 1. The number of carbonyl (C=O) groups excluding carboxylic acids is 2. The molecule has 2 aromatic heterocycles. The van der Waals surface area contributed by atoms with Crippen LogP contribution in [0.3, 0.4) is 0 Å². The lowest BCUT2D eigenvalue weighted by atomic mass is 9.89. The van der Waals surface area contributed by atoms with Crippen LogP contribution >= 0.6 is 0 Å². The molecule has 0 spiro atoms. The number of likely N-dealkylation sites (tertiary alicyclic amines) is 1. The zero-order chi connectivity index (χ0) is 20.7. The maximum Gasteiger partial charge on any atom is 0.293 e. The number of hydrogen-bond donors (Lipinski definition) is 1. The molecule has 2 aliphatic heterocycles. The summed E-state index contributed by atoms with van der Waals surface area (Å²) in [6, 6.07) is 10.5. The van der Waals surface area contributed by atoms with Crippen molar-refractivity contribution in [1.82, 2.24) is 19.7 Å². The van der Waals surface area contributed by atoms with Crippen molar-refractivity contribution < 1.29 is 18.7 Å². The number of ether oxygens (including phenoxy) is 1. The lowest BCUT2D eigenvalue weighted by molar-refractivity contribution is 0.0751. The highest BCUT2D eigenvalue weighted by atomic mass is 16.5. The van der Waals surface area contributed by atoms with Crippen molar-refractivity contribution in [3.63, 3.8) is 0 Å². The normalized spacial score (nSPS) is 19.8. The van der Waals surface area contributed by atoms with Gasteiger partial charge in [0.15, 0.2) is 5.76 Å². The summed E-state index contributed by atoms with van der Waals surface area (Å²) in [7, 11) is 1.59. The summed E-state index contributed by atoms with van der Waals surface area (Å²) >= 11 is 0. The summed E-state index contributed by atoms with van der Waals surface area (Å²) in [6.07, 6.45) is 2.20. The molecule has 1 N–H and O–H groups in total. The van der Waals surface area contributed by atoms with Crippen molar-refractivity contribution >= 4 is 17.5 Å². The molecule has 0 saturated carbocycles. The van der Waals surface area contributed by atoms with E-state index in [-0.39, 0.29) is 23.6 Å². The number of fused-ring (bicyclic) bond motifs is 2. The third-order valence-corrected chi connectivity index (χ3v) is 5.84. The molecule has 0 aliphatic carbocycles. The Morgan fingerprint density at radius 3 is 2.63 bits per heavy atom. The third-order valence-electron chi connectivity index (χ3n) is 5.84. The van der Waals surface area contributed by atoms with Crippen molar-refractivity contribution in [1.29, 1.82) is 0 Å². The van der Waals surface area contributed by atoms with Crippen LogP contribution in [0.15, 0.2) is 47.1 Å². The Hall–Kier alpha value is -3.62. The number of amides is 2. The van der Waals surface area contributed by atoms with E-state index in [9.17, 15) is 9.59 Å². The zero-order valence-corrected chi connectivity index (χ0v) is 16.4. The van der Waals surface area contributed by atoms with Crippen LogP contribution in [0.1, 0.15) is 27.0 Å². The van der Waals surface area contributed by atoms with Crippen LogP contribution < -0.4 is 10.1 Å². The average Bonchev–Trinajstić information content (AvgIpc) is 3.51. The molecule has 5 rings (SSSR count). The van der Waals surface area contributed by atoms with Gasteiger partial charge in [-0.15, -0.1) is 10.2 Å². The van der Waals surface area contributed by atoms with Gasteiger partial charge in [-0.3, -0.25) is 9.59 Å². The smallest absolute Gasteiger partial charge is 0.293 e. The highest BCUT2D eigenvalue weighted by molar-refractivity contribution is 6.01. The van der Waals surface area contributed by atoms with Gasteiger partial charge in [0.2, 0.25) is 5.82 Å². The fourth-order valence-electron chi connectivity index (χ4n) is 4.28. The molecule has 2 amide bonds. The number of rotatable bonds is 4. The van der Waals surface area contributed by atoms with Gasteiger partial charge in [-0.05, 0) is 48.2 Å². The molecule has 9 nitrogen and oxygen atoms in total. The van der Waals surface area contributed by atoms with Crippen LogP contribution in [0.4, 0.5) is 5.69 Å². The number of carbonyl (C=O) groups is 2. The van der Waals surface area contributed by atoms with E-state index in [4.69, 9.17) is 9.15 Å². The first-order chi connectivity index (χ1) is 14.6. The molecule has 0 bridgehead atoms. The number of methoxy groups -OCH3 is 1. The summed E-state index contributed by atoms with van der Waals surface area (Å²) in [5.74, 6) is 2.29. The molecule has 3 aromatic rings. The SMILES string of the molecule is COc1ccc(NC(=O)c2nnc3n2C[C@@H]2CN(C(=O)c4ccco4)C[C@@H]2C3)cc1. The summed E-state index contributed by atoms with van der Waals surface area (Å²) in [5, 5.41) is 11.2. The van der Waals surface area contributed by atoms with Gasteiger partial charge in [-0.2, -0.15) is 0 Å². The number of aromatic nitrogens is 3. The number of nitrogens with zero attached hydrogens (tertiary/aromatic N) is 4. The van der Waals surface area contributed by atoms with Gasteiger partial charge >= 0.3 is 0 Å². The monoisotopic (exact) mass is 407 g/mol. The number of furan rings is 1. The minimum atomic E-state index is -0.307. The van der Waals surface area contributed by atoms with Gasteiger partial charge in [0, 0.05) is 31.7 Å². The molecule has 4 heterocycles. The van der Waals surface area contributed by atoms with E-state index in [0.29, 0.717) is 49.2 Å². The van der Waals surface area contributed by atoms with Gasteiger partial charge in [0.25, 0.3) is 11.8 Å². The molecule has 1 aromatic carbocycles. The number of nitrogens with one attached hydrogen (secondary N) is 1. The molecule has 2 atom stereocenters. The maximum absolute atomic E-state index is 12.8. The lowest BCUT2D eigenvalue weighted by Crippen LogP contribution is -2.31. The van der Waals surface area contributed by atoms with E-state index in [2.05, 4.69) is 15.5 Å². The standard InChI is InChI=1S/C21H21N5O4/c1-29-16-6-4-15(5-7-16)22-20(27)19-24-23-18-9-13-10-25(11-14(13)12-26(18)19)21(28)17-3-2-8-30-17/h2-8,13-14H,9-12H2,1H3,(H,22,27)/t13-,14-/m0/s1. The van der Waals surface area contributed by atoms with E-state index in [0.717, 1.165) is 5.82 Å². The Morgan fingerprint density at radius 2 is 1.90 bits per heavy atom. The van der Waals surface area contributed by atoms with Crippen molar-refractivity contribution in [2.45, 2.75) is 13.0 Å². The summed E-state index contributed by atoms with van der Waals surface area (Å²) < 4.78 is 12.3. The fraction of sp³-hybridized carbons (Fsp3) is 0.333. The van der Waals surface area contributed by atoms with Crippen LogP contribution in [-0.2, 0) is 13.0 Å². The van der Waals surface area contributed by atoms with E-state index in [1.54, 1.807) is 43.5 Å². The molecule has 154 valence electrons. The maximum atomic E-state index is 12.8. The second-order valence-electron chi connectivity index (χ2n) is 7.64. The van der Waals surface area contributed by atoms with Crippen molar-refractivity contribution in [2.75, 3.05) is 25.5 Å². The molecular weight excluding hydrogens is 386 g/mol. The molecule has 9 heteroatoms. The van der Waals surface area contributed by atoms with Gasteiger partial charge in [-0.25, -0.2) is 0 Å². The van der Waals surface area contributed by atoms with E-state index < -0.39 is 0 Å². The van der Waals surface area contributed by atoms with Crippen LogP contribution in [0.5, 0.6) is 5.75 Å². The fourth-order valence-corrected chi connectivity index (χ4v) is 4.28. The number of anilines is 1. The summed E-state index contributed by atoms with van der Waals surface area (Å²) in [4.78, 5) is 27.2. The second-order valence-corrected chi connectivity index (χ2v) is 7.64. The van der Waals surface area contributed by atoms with Gasteiger partial charge < -0.3 is 23.9 Å². The Labute approximate surface area is 172 Å². The molecule has 2 aliphatic rings. The third kappa shape index (κ3) is 3.22. The molecule has 0 radical (unpaired) electrons. The van der Waals surface area contributed by atoms with E-state index in [1.165, 1.54) is 6.26 Å². The van der Waals surface area contributed by atoms with Gasteiger partial charge in [0.1, 0.15) is 11.6 Å². The first-order valence-electron chi connectivity index (χ1n) is 9.82. The minimum Gasteiger partial charge on any atom is -0.497 e. The van der Waals surface area contributed by atoms with Crippen molar-refractivity contribution in [2.24, 2.45) is 11.8 Å². The van der Waals surface area contributed by atoms with Crippen molar-refractivity contribution in [3.8, 4) is 5.75 Å². The van der Waals surface area contributed by atoms with Crippen LogP contribution in [0.25, 0.3) is 0 Å². The zero-order valence-electron chi connectivity index (χ0n) is 16.4. The van der Waals surface area contributed by atoms with Crippen LogP contribution in [-0.4, -0.2) is 51.7 Å². The molecule has 1 fully saturated rings. The Kier molecular flexibility index (Phi) is 4.50. The molecule has 30 heavy (non-hydrogen) atoms. The largest absolute Gasteiger partial charge is 0.497 e. The Morgan fingerprint density at radius 1 is 1.10 bits per heavy atom. The highest BCUT2D eigenvalue weighted by Gasteiger charge is 2.41. The first kappa shape index (κ1) is 18.4. The van der Waals surface area contributed by atoms with Crippen molar-refractivity contribution in [3.05, 3.63) is 60.1 Å². The predicted octanol–water partition coefficient (Wildman–Crippen LogP) is 2.08. The van der Waals surface area contributed by atoms with Crippen LogP contribution in [0, 0.1) is 11.8 Å². The Balaban J connectivity index is 1.29. The minimum absolute atomic E-state index is 0.0948. The highest BCUT2D eigenvalue weighted by Crippen LogP contribution is 2.33. The average molecular weight is 407 g/mol. The summed E-state index contributed by atoms with van der Waals surface area (Å²) in [6.45, 7) is 1.89. The predicted molar refractivity (Wildman–Crippen MR) is 106 cm³/mol. The van der Waals surface area contributed by atoms with Gasteiger partial charge in [0.05, 0.1) is 13.4 Å². The first-order valence-corrected chi connectivity index (χ1v) is 9.82. The number of hydrogen-bond acceptors (Lipinski definition) is 6. The van der Waals surface area contributed by atoms with E-state index in [1.807, 2.05) is 9.47 Å². The van der Waals surface area contributed by atoms with Gasteiger partial charge in [-0.1, -0.05) is 0 Å². The van der Waals surface area contributed by atoms with Crippen LogP contribution in [0.2, 0.25) is 0 Å². The quantitative estimate of drug-likeness (QED) is 0.710. The summed E-state index contributed by atoms with van der Waals surface area (Å²) in [5.41, 5.74) is 0.655. The topological polar surface area (TPSA) is 102 Å². The second kappa shape index (κ2) is 7.33. The Bertz CT molecular complexity index is 1070. The lowest BCUT2D eigenvalue weighted by Gasteiger charge is -2.25. The molecule has 1 saturated heterocycles. The molecular formula is C21H21N5O4.